The summed E-state index contributed by atoms with van der Waals surface area (Å²) in [5.41, 5.74) is 3.41. The molecule has 0 saturated carbocycles. The molecule has 0 fully saturated rings. The number of ether oxygens (including phenoxy) is 2. The lowest BCUT2D eigenvalue weighted by Crippen LogP contribution is -2.17. The number of amides is 1. The predicted molar refractivity (Wildman–Crippen MR) is 115 cm³/mol. The molecule has 152 valence electrons. The minimum atomic E-state index is -0.517. The summed E-state index contributed by atoms with van der Waals surface area (Å²) in [5.74, 6) is 0.421. The number of methoxy groups -OCH3 is 1. The number of rotatable bonds is 7. The number of carbonyl (C=O) groups is 1. The maximum atomic E-state index is 12.1. The Morgan fingerprint density at radius 3 is 2.50 bits per heavy atom. The van der Waals surface area contributed by atoms with Gasteiger partial charge in [-0.15, -0.1) is 0 Å². The molecule has 30 heavy (non-hydrogen) atoms. The van der Waals surface area contributed by atoms with E-state index in [0.29, 0.717) is 22.6 Å². The molecule has 0 aliphatic heterocycles. The lowest BCUT2D eigenvalue weighted by molar-refractivity contribution is -0.385. The highest BCUT2D eigenvalue weighted by molar-refractivity contribution is 9.10. The van der Waals surface area contributed by atoms with Crippen LogP contribution in [0.3, 0.4) is 0 Å². The summed E-state index contributed by atoms with van der Waals surface area (Å²) in [4.78, 5) is 22.7. The van der Waals surface area contributed by atoms with E-state index in [2.05, 4.69) is 26.5 Å². The van der Waals surface area contributed by atoms with Crippen molar-refractivity contribution in [2.75, 3.05) is 7.11 Å². The van der Waals surface area contributed by atoms with Gasteiger partial charge in [0, 0.05) is 16.1 Å². The van der Waals surface area contributed by atoms with Crippen molar-refractivity contribution in [2.45, 2.75) is 0 Å². The first-order chi connectivity index (χ1) is 14.5. The number of hydrazone groups is 1. The van der Waals surface area contributed by atoms with E-state index in [1.807, 2.05) is 0 Å². The molecular weight excluding hydrogens is 454 g/mol. The van der Waals surface area contributed by atoms with Crippen LogP contribution in [0.1, 0.15) is 15.9 Å². The Morgan fingerprint density at radius 2 is 1.80 bits per heavy atom. The van der Waals surface area contributed by atoms with Gasteiger partial charge < -0.3 is 9.47 Å². The number of carbonyl (C=O) groups excluding carboxylic acids is 1. The Morgan fingerprint density at radius 1 is 1.07 bits per heavy atom. The van der Waals surface area contributed by atoms with E-state index in [0.717, 1.165) is 4.47 Å². The molecule has 0 aliphatic rings. The molecule has 0 aliphatic carbocycles. The Bertz CT molecular complexity index is 1100. The average Bonchev–Trinajstić information content (AvgIpc) is 2.75. The van der Waals surface area contributed by atoms with E-state index in [9.17, 15) is 14.9 Å². The lowest BCUT2D eigenvalue weighted by atomic mass is 10.2. The molecule has 0 unspecified atom stereocenters. The molecule has 0 spiro atoms. The number of nitrogens with zero attached hydrogens (tertiary/aromatic N) is 2. The van der Waals surface area contributed by atoms with Crippen molar-refractivity contribution < 1.29 is 19.2 Å². The quantitative estimate of drug-likeness (QED) is 0.300. The number of para-hydroxylation sites is 2. The molecule has 0 aromatic heterocycles. The van der Waals surface area contributed by atoms with E-state index in [1.165, 1.54) is 25.5 Å². The molecule has 3 rings (SSSR count). The van der Waals surface area contributed by atoms with Gasteiger partial charge in [-0.2, -0.15) is 5.10 Å². The summed E-state index contributed by atoms with van der Waals surface area (Å²) in [6.07, 6.45) is 1.45. The van der Waals surface area contributed by atoms with Gasteiger partial charge in [0.25, 0.3) is 5.91 Å². The summed E-state index contributed by atoms with van der Waals surface area (Å²) >= 11 is 3.31. The molecule has 0 heterocycles. The molecule has 0 radical (unpaired) electrons. The monoisotopic (exact) mass is 469 g/mol. The summed E-state index contributed by atoms with van der Waals surface area (Å²) in [5, 5.41) is 15.1. The molecular formula is C21H16BrN3O5. The maximum Gasteiger partial charge on any atom is 0.311 e. The topological polar surface area (TPSA) is 103 Å². The number of hydrogen-bond donors (Lipinski definition) is 1. The van der Waals surface area contributed by atoms with Gasteiger partial charge in [-0.25, -0.2) is 5.43 Å². The fraction of sp³-hybridized carbons (Fsp3) is 0.0476. The average molecular weight is 470 g/mol. The van der Waals surface area contributed by atoms with Crippen LogP contribution in [0, 0.1) is 10.1 Å². The summed E-state index contributed by atoms with van der Waals surface area (Å²) in [6.45, 7) is 0. The van der Waals surface area contributed by atoms with Gasteiger partial charge in [-0.05, 0) is 54.1 Å². The third kappa shape index (κ3) is 5.21. The van der Waals surface area contributed by atoms with Crippen LogP contribution in [-0.2, 0) is 0 Å². The van der Waals surface area contributed by atoms with Crippen molar-refractivity contribution in [3.05, 3.63) is 92.4 Å². The van der Waals surface area contributed by atoms with Crippen molar-refractivity contribution in [3.8, 4) is 17.2 Å². The summed E-state index contributed by atoms with van der Waals surface area (Å²) in [7, 11) is 1.46. The molecule has 3 aromatic rings. The van der Waals surface area contributed by atoms with Crippen molar-refractivity contribution in [2.24, 2.45) is 5.10 Å². The maximum absolute atomic E-state index is 12.1. The molecule has 1 amide bonds. The van der Waals surface area contributed by atoms with Crippen LogP contribution >= 0.6 is 15.9 Å². The van der Waals surface area contributed by atoms with E-state index >= 15 is 0 Å². The zero-order valence-electron chi connectivity index (χ0n) is 15.7. The van der Waals surface area contributed by atoms with Crippen LogP contribution in [0.25, 0.3) is 0 Å². The first-order valence-electron chi connectivity index (χ1n) is 8.66. The molecule has 0 bridgehead atoms. The normalized spacial score (nSPS) is 10.6. The minimum Gasteiger partial charge on any atom is -0.493 e. The second-order valence-corrected chi connectivity index (χ2v) is 6.86. The highest BCUT2D eigenvalue weighted by Crippen LogP contribution is 2.36. The fourth-order valence-electron chi connectivity index (χ4n) is 2.49. The van der Waals surface area contributed by atoms with Crippen LogP contribution in [0.15, 0.2) is 76.3 Å². The van der Waals surface area contributed by atoms with Crippen molar-refractivity contribution in [3.63, 3.8) is 0 Å². The molecule has 1 N–H and O–H groups in total. The summed E-state index contributed by atoms with van der Waals surface area (Å²) < 4.78 is 11.9. The predicted octanol–water partition coefficient (Wildman–Crippen LogP) is 4.92. The van der Waals surface area contributed by atoms with Crippen LogP contribution in [0.5, 0.6) is 17.2 Å². The van der Waals surface area contributed by atoms with Gasteiger partial charge in [-0.1, -0.05) is 28.1 Å². The lowest BCUT2D eigenvalue weighted by Gasteiger charge is -2.11. The Labute approximate surface area is 180 Å². The largest absolute Gasteiger partial charge is 0.493 e. The molecule has 9 heteroatoms. The smallest absolute Gasteiger partial charge is 0.311 e. The number of benzene rings is 3. The van der Waals surface area contributed by atoms with Gasteiger partial charge >= 0.3 is 5.69 Å². The van der Waals surface area contributed by atoms with E-state index in [1.54, 1.807) is 54.6 Å². The van der Waals surface area contributed by atoms with Gasteiger partial charge in [-0.3, -0.25) is 14.9 Å². The Kier molecular flexibility index (Phi) is 6.76. The second kappa shape index (κ2) is 9.66. The van der Waals surface area contributed by atoms with Crippen LogP contribution in [-0.4, -0.2) is 24.2 Å². The van der Waals surface area contributed by atoms with Crippen LogP contribution in [0.2, 0.25) is 0 Å². The highest BCUT2D eigenvalue weighted by Gasteiger charge is 2.16. The van der Waals surface area contributed by atoms with Crippen LogP contribution < -0.4 is 14.9 Å². The Balaban J connectivity index is 1.72. The van der Waals surface area contributed by atoms with Crippen LogP contribution in [0.4, 0.5) is 5.69 Å². The minimum absolute atomic E-state index is 0.101. The third-order valence-electron chi connectivity index (χ3n) is 3.96. The van der Waals surface area contributed by atoms with Gasteiger partial charge in [0.05, 0.1) is 18.2 Å². The van der Waals surface area contributed by atoms with E-state index in [4.69, 9.17) is 9.47 Å². The number of hydrogen-bond acceptors (Lipinski definition) is 6. The van der Waals surface area contributed by atoms with Gasteiger partial charge in [0.15, 0.2) is 11.5 Å². The van der Waals surface area contributed by atoms with Crippen molar-refractivity contribution >= 4 is 33.7 Å². The highest BCUT2D eigenvalue weighted by atomic mass is 79.9. The number of nitro groups is 1. The summed E-state index contributed by atoms with van der Waals surface area (Å²) in [6, 6.07) is 17.9. The molecule has 0 atom stereocenters. The number of nitrogens with one attached hydrogen (secondary N) is 1. The van der Waals surface area contributed by atoms with E-state index < -0.39 is 4.92 Å². The zero-order valence-corrected chi connectivity index (χ0v) is 17.3. The number of nitro benzene ring substituents is 1. The van der Waals surface area contributed by atoms with Crippen molar-refractivity contribution in [1.82, 2.24) is 5.43 Å². The number of halogens is 1. The van der Waals surface area contributed by atoms with E-state index in [-0.39, 0.29) is 17.3 Å². The first-order valence-corrected chi connectivity index (χ1v) is 9.45. The molecule has 0 saturated heterocycles. The van der Waals surface area contributed by atoms with Gasteiger partial charge in [0.1, 0.15) is 0 Å². The van der Waals surface area contributed by atoms with Crippen molar-refractivity contribution in [1.29, 1.82) is 0 Å². The first kappa shape index (κ1) is 21.0. The SMILES string of the molecule is COc1cc(/C=N\NC(=O)c2ccc(Br)cc2)ccc1Oc1ccccc1[N+](=O)[O-]. The van der Waals surface area contributed by atoms with Gasteiger partial charge in [0.2, 0.25) is 5.75 Å². The third-order valence-corrected chi connectivity index (χ3v) is 4.48. The molecule has 3 aromatic carbocycles. The second-order valence-electron chi connectivity index (χ2n) is 5.94. The standard InChI is InChI=1S/C21H16BrN3O5/c1-29-20-12-14(13-23-24-21(26)15-7-9-16(22)10-8-15)6-11-19(20)30-18-5-3-2-4-17(18)25(27)28/h2-13H,1H3,(H,24,26)/b23-13-. The fourth-order valence-corrected chi connectivity index (χ4v) is 2.76. The zero-order chi connectivity index (χ0) is 21.5. The molecule has 8 nitrogen and oxygen atoms in total. The Hall–Kier alpha value is -3.72.